The van der Waals surface area contributed by atoms with Gasteiger partial charge in [0.2, 0.25) is 0 Å². The normalized spacial score (nSPS) is 16.6. The molecule has 0 spiro atoms. The van der Waals surface area contributed by atoms with E-state index in [0.717, 1.165) is 4.47 Å². The number of allylic oxidation sites excluding steroid dienone is 4. The van der Waals surface area contributed by atoms with Gasteiger partial charge in [0.15, 0.2) is 0 Å². The summed E-state index contributed by atoms with van der Waals surface area (Å²) in [5, 5.41) is 0. The van der Waals surface area contributed by atoms with E-state index in [1.54, 1.807) is 24.3 Å². The van der Waals surface area contributed by atoms with Crippen molar-refractivity contribution in [2.24, 2.45) is 0 Å². The molecule has 2 rings (SSSR count). The molecule has 1 radical (unpaired) electrons. The molecule has 1 aliphatic rings. The lowest BCUT2D eigenvalue weighted by molar-refractivity contribution is 0.578. The Balaban J connectivity index is 2.42. The first-order valence-corrected chi connectivity index (χ1v) is 5.31. The standard InChI is InChI=1S/C12H8BrF2/c13-9-3-1-8(2-4-9)11-7-10(14)5-6-12(11)15/h1-4,6-7H,5H2. The lowest BCUT2D eigenvalue weighted by Gasteiger charge is -2.11. The van der Waals surface area contributed by atoms with Crippen molar-refractivity contribution in [3.63, 3.8) is 0 Å². The van der Waals surface area contributed by atoms with Gasteiger partial charge in [-0.1, -0.05) is 28.1 Å². The maximum absolute atomic E-state index is 13.4. The molecule has 0 unspecified atom stereocenters. The molecule has 0 fully saturated rings. The molecule has 0 aromatic heterocycles. The van der Waals surface area contributed by atoms with E-state index in [0.29, 0.717) is 11.1 Å². The van der Waals surface area contributed by atoms with Crippen LogP contribution in [0.3, 0.4) is 0 Å². The highest BCUT2D eigenvalue weighted by molar-refractivity contribution is 9.10. The third kappa shape index (κ3) is 2.34. The zero-order valence-corrected chi connectivity index (χ0v) is 9.39. The summed E-state index contributed by atoms with van der Waals surface area (Å²) in [5.74, 6) is -0.673. The van der Waals surface area contributed by atoms with Gasteiger partial charge in [-0.2, -0.15) is 0 Å². The van der Waals surface area contributed by atoms with Crippen LogP contribution in [0.5, 0.6) is 0 Å². The number of benzene rings is 1. The van der Waals surface area contributed by atoms with Gasteiger partial charge in [0.25, 0.3) is 0 Å². The van der Waals surface area contributed by atoms with E-state index in [9.17, 15) is 8.78 Å². The summed E-state index contributed by atoms with van der Waals surface area (Å²) in [6, 6.07) is 7.11. The fraction of sp³-hybridized carbons (Fsp3) is 0.0833. The molecule has 0 saturated carbocycles. The van der Waals surface area contributed by atoms with E-state index in [2.05, 4.69) is 15.9 Å². The van der Waals surface area contributed by atoms with Gasteiger partial charge in [-0.25, -0.2) is 8.78 Å². The van der Waals surface area contributed by atoms with Gasteiger partial charge >= 0.3 is 0 Å². The van der Waals surface area contributed by atoms with Crippen molar-refractivity contribution in [2.75, 3.05) is 0 Å². The Kier molecular flexibility index (Phi) is 3.00. The van der Waals surface area contributed by atoms with Crippen molar-refractivity contribution in [3.05, 3.63) is 58.5 Å². The van der Waals surface area contributed by atoms with E-state index in [1.165, 1.54) is 12.5 Å². The minimum Gasteiger partial charge on any atom is -0.212 e. The fourth-order valence-electron chi connectivity index (χ4n) is 1.43. The SMILES string of the molecule is FC1=CC(c2ccc(Br)cc2)=C(F)[CH]C1. The maximum atomic E-state index is 13.4. The largest absolute Gasteiger partial charge is 0.212 e. The smallest absolute Gasteiger partial charge is 0.112 e. The molecule has 0 aliphatic heterocycles. The van der Waals surface area contributed by atoms with Crippen LogP contribution in [0, 0.1) is 6.42 Å². The molecule has 0 nitrogen and oxygen atoms in total. The molecule has 0 atom stereocenters. The predicted octanol–water partition coefficient (Wildman–Crippen LogP) is 4.59. The van der Waals surface area contributed by atoms with Crippen molar-refractivity contribution in [2.45, 2.75) is 6.42 Å². The number of hydrogen-bond donors (Lipinski definition) is 0. The van der Waals surface area contributed by atoms with E-state index in [-0.39, 0.29) is 18.1 Å². The molecule has 0 saturated heterocycles. The Morgan fingerprint density at radius 1 is 1.07 bits per heavy atom. The van der Waals surface area contributed by atoms with Gasteiger partial charge in [0, 0.05) is 22.9 Å². The van der Waals surface area contributed by atoms with Crippen LogP contribution in [0.1, 0.15) is 12.0 Å². The maximum Gasteiger partial charge on any atom is 0.112 e. The Morgan fingerprint density at radius 3 is 2.40 bits per heavy atom. The molecule has 0 N–H and O–H groups in total. The van der Waals surface area contributed by atoms with Crippen molar-refractivity contribution < 1.29 is 8.78 Å². The Labute approximate surface area is 95.4 Å². The third-order valence-corrected chi connectivity index (χ3v) is 2.72. The van der Waals surface area contributed by atoms with Crippen molar-refractivity contribution in [1.29, 1.82) is 0 Å². The zero-order valence-electron chi connectivity index (χ0n) is 7.81. The first kappa shape index (κ1) is 10.6. The van der Waals surface area contributed by atoms with Crippen molar-refractivity contribution >= 4 is 21.5 Å². The van der Waals surface area contributed by atoms with Crippen LogP contribution in [-0.2, 0) is 0 Å². The average molecular weight is 270 g/mol. The molecule has 1 aromatic rings. The van der Waals surface area contributed by atoms with Crippen molar-refractivity contribution in [1.82, 2.24) is 0 Å². The molecule has 0 heterocycles. The molecule has 0 bridgehead atoms. The fourth-order valence-corrected chi connectivity index (χ4v) is 1.70. The summed E-state index contributed by atoms with van der Waals surface area (Å²) in [4.78, 5) is 0. The highest BCUT2D eigenvalue weighted by atomic mass is 79.9. The molecule has 1 aliphatic carbocycles. The Hall–Kier alpha value is -0.960. The highest BCUT2D eigenvalue weighted by Gasteiger charge is 2.14. The molecule has 3 heteroatoms. The zero-order chi connectivity index (χ0) is 10.8. The van der Waals surface area contributed by atoms with Crippen LogP contribution in [0.4, 0.5) is 8.78 Å². The summed E-state index contributed by atoms with van der Waals surface area (Å²) >= 11 is 3.29. The minimum atomic E-state index is -0.362. The van der Waals surface area contributed by atoms with E-state index in [1.807, 2.05) is 0 Å². The molecular weight excluding hydrogens is 262 g/mol. The molecule has 1 aromatic carbocycles. The van der Waals surface area contributed by atoms with Gasteiger partial charge in [-0.3, -0.25) is 0 Å². The summed E-state index contributed by atoms with van der Waals surface area (Å²) in [7, 11) is 0. The second kappa shape index (κ2) is 4.27. The molecule has 15 heavy (non-hydrogen) atoms. The van der Waals surface area contributed by atoms with Gasteiger partial charge in [-0.05, 0) is 23.8 Å². The summed E-state index contributed by atoms with van der Waals surface area (Å²) in [5.41, 5.74) is 0.994. The second-order valence-corrected chi connectivity index (χ2v) is 4.18. The minimum absolute atomic E-state index is 0.0475. The first-order chi connectivity index (χ1) is 7.16. The quantitative estimate of drug-likeness (QED) is 0.700. The van der Waals surface area contributed by atoms with E-state index < -0.39 is 0 Å². The van der Waals surface area contributed by atoms with E-state index in [4.69, 9.17) is 0 Å². The number of hydrogen-bond acceptors (Lipinski definition) is 0. The van der Waals surface area contributed by atoms with E-state index >= 15 is 0 Å². The molecule has 77 valence electrons. The Bertz CT molecular complexity index is 429. The van der Waals surface area contributed by atoms with Gasteiger partial charge < -0.3 is 0 Å². The van der Waals surface area contributed by atoms with Crippen molar-refractivity contribution in [3.8, 4) is 0 Å². The van der Waals surface area contributed by atoms with Crippen LogP contribution in [-0.4, -0.2) is 0 Å². The van der Waals surface area contributed by atoms with Crippen LogP contribution in [0.15, 0.2) is 46.5 Å². The Morgan fingerprint density at radius 2 is 1.73 bits per heavy atom. The first-order valence-electron chi connectivity index (χ1n) is 4.52. The van der Waals surface area contributed by atoms with Gasteiger partial charge in [-0.15, -0.1) is 0 Å². The van der Waals surface area contributed by atoms with Crippen LogP contribution < -0.4 is 0 Å². The summed E-state index contributed by atoms with van der Waals surface area (Å²) in [6.07, 6.45) is 2.55. The summed E-state index contributed by atoms with van der Waals surface area (Å²) < 4.78 is 27.3. The van der Waals surface area contributed by atoms with Gasteiger partial charge in [0.05, 0.1) is 0 Å². The second-order valence-electron chi connectivity index (χ2n) is 3.27. The molecular formula is C12H8BrF2. The van der Waals surface area contributed by atoms with Crippen LogP contribution in [0.2, 0.25) is 0 Å². The highest BCUT2D eigenvalue weighted by Crippen LogP contribution is 2.31. The lowest BCUT2D eigenvalue weighted by Crippen LogP contribution is -1.94. The van der Waals surface area contributed by atoms with Crippen LogP contribution >= 0.6 is 15.9 Å². The summed E-state index contributed by atoms with van der Waals surface area (Å²) in [6.45, 7) is 0. The monoisotopic (exact) mass is 269 g/mol. The average Bonchev–Trinajstić information content (AvgIpc) is 2.23. The molecule has 0 amide bonds. The topological polar surface area (TPSA) is 0 Å². The van der Waals surface area contributed by atoms with Crippen LogP contribution in [0.25, 0.3) is 5.57 Å². The lowest BCUT2D eigenvalue weighted by atomic mass is 9.98. The number of rotatable bonds is 1. The third-order valence-electron chi connectivity index (χ3n) is 2.19. The number of halogens is 3. The van der Waals surface area contributed by atoms with Gasteiger partial charge in [0.1, 0.15) is 11.7 Å². The predicted molar refractivity (Wildman–Crippen MR) is 60.3 cm³/mol.